The maximum atomic E-state index is 11.9. The minimum atomic E-state index is 0.183. The first kappa shape index (κ1) is 11.7. The normalized spacial score (nSPS) is 10.1. The molecule has 0 spiro atoms. The molecule has 0 N–H and O–H groups in total. The lowest BCUT2D eigenvalue weighted by Crippen LogP contribution is -2.03. The van der Waals surface area contributed by atoms with Gasteiger partial charge >= 0.3 is 0 Å². The summed E-state index contributed by atoms with van der Waals surface area (Å²) in [7, 11) is 0. The molecule has 0 fully saturated rings. The summed E-state index contributed by atoms with van der Waals surface area (Å²) < 4.78 is 0. The highest BCUT2D eigenvalue weighted by Gasteiger charge is 2.09. The van der Waals surface area contributed by atoms with Gasteiger partial charge in [0.05, 0.1) is 0 Å². The molecule has 1 aromatic carbocycles. The summed E-state index contributed by atoms with van der Waals surface area (Å²) in [6.45, 7) is 9.87. The minimum Gasteiger partial charge on any atom is -0.294 e. The van der Waals surface area contributed by atoms with Crippen molar-refractivity contribution in [1.29, 1.82) is 0 Å². The number of rotatable bonds is 4. The number of hydrogen-bond acceptors (Lipinski definition) is 1. The second kappa shape index (κ2) is 4.92. The third kappa shape index (κ3) is 3.05. The van der Waals surface area contributed by atoms with Crippen LogP contribution in [0.3, 0.4) is 0 Å². The van der Waals surface area contributed by atoms with Gasteiger partial charge < -0.3 is 0 Å². The standard InChI is InChI=1S/C14H18O/c1-5-10(2)9-14(15)13-8-11(3)6-7-12(13)4/h6-8H,2,5,9H2,1,3-4H3. The summed E-state index contributed by atoms with van der Waals surface area (Å²) >= 11 is 0. The molecule has 0 aliphatic carbocycles. The Bertz CT molecular complexity index is 388. The van der Waals surface area contributed by atoms with Crippen molar-refractivity contribution in [2.75, 3.05) is 0 Å². The number of ketones is 1. The van der Waals surface area contributed by atoms with Gasteiger partial charge in [-0.05, 0) is 31.9 Å². The van der Waals surface area contributed by atoms with E-state index in [-0.39, 0.29) is 5.78 Å². The molecule has 0 amide bonds. The van der Waals surface area contributed by atoms with Crippen molar-refractivity contribution in [3.05, 3.63) is 47.0 Å². The van der Waals surface area contributed by atoms with Gasteiger partial charge in [0, 0.05) is 12.0 Å². The Balaban J connectivity index is 2.91. The Kier molecular flexibility index (Phi) is 3.84. The maximum absolute atomic E-state index is 11.9. The maximum Gasteiger partial charge on any atom is 0.167 e. The van der Waals surface area contributed by atoms with E-state index in [2.05, 4.69) is 6.58 Å². The molecule has 1 rings (SSSR count). The van der Waals surface area contributed by atoms with E-state index < -0.39 is 0 Å². The van der Waals surface area contributed by atoms with Crippen LogP contribution in [0, 0.1) is 13.8 Å². The molecular weight excluding hydrogens is 184 g/mol. The van der Waals surface area contributed by atoms with Gasteiger partial charge in [-0.2, -0.15) is 0 Å². The molecule has 80 valence electrons. The molecule has 1 aromatic rings. The Morgan fingerprint density at radius 3 is 2.60 bits per heavy atom. The highest BCUT2D eigenvalue weighted by Crippen LogP contribution is 2.15. The summed E-state index contributed by atoms with van der Waals surface area (Å²) in [5.41, 5.74) is 4.02. The van der Waals surface area contributed by atoms with Crippen LogP contribution in [0.1, 0.15) is 41.3 Å². The monoisotopic (exact) mass is 202 g/mol. The minimum absolute atomic E-state index is 0.183. The zero-order valence-corrected chi connectivity index (χ0v) is 9.76. The lowest BCUT2D eigenvalue weighted by molar-refractivity contribution is 0.0991. The second-order valence-electron chi connectivity index (χ2n) is 4.02. The van der Waals surface area contributed by atoms with Crippen molar-refractivity contribution < 1.29 is 4.79 Å². The largest absolute Gasteiger partial charge is 0.294 e. The molecule has 0 saturated carbocycles. The van der Waals surface area contributed by atoms with Crippen LogP contribution in [-0.4, -0.2) is 5.78 Å². The Morgan fingerprint density at radius 2 is 2.00 bits per heavy atom. The summed E-state index contributed by atoms with van der Waals surface area (Å²) in [6, 6.07) is 5.98. The topological polar surface area (TPSA) is 17.1 Å². The highest BCUT2D eigenvalue weighted by atomic mass is 16.1. The fourth-order valence-corrected chi connectivity index (χ4v) is 1.48. The lowest BCUT2D eigenvalue weighted by atomic mass is 9.97. The molecule has 1 nitrogen and oxygen atoms in total. The molecule has 0 saturated heterocycles. The van der Waals surface area contributed by atoms with Crippen molar-refractivity contribution in [2.45, 2.75) is 33.6 Å². The third-order valence-corrected chi connectivity index (χ3v) is 2.60. The first-order valence-electron chi connectivity index (χ1n) is 5.31. The van der Waals surface area contributed by atoms with E-state index in [0.29, 0.717) is 6.42 Å². The molecule has 15 heavy (non-hydrogen) atoms. The van der Waals surface area contributed by atoms with Crippen LogP contribution in [0.15, 0.2) is 30.4 Å². The van der Waals surface area contributed by atoms with E-state index in [1.54, 1.807) is 0 Å². The number of hydrogen-bond donors (Lipinski definition) is 0. The fraction of sp³-hybridized carbons (Fsp3) is 0.357. The quantitative estimate of drug-likeness (QED) is 0.535. The molecule has 1 heteroatoms. The summed E-state index contributed by atoms with van der Waals surface area (Å²) in [5, 5.41) is 0. The van der Waals surface area contributed by atoms with Gasteiger partial charge in [0.2, 0.25) is 0 Å². The number of aryl methyl sites for hydroxylation is 2. The Morgan fingerprint density at radius 1 is 1.33 bits per heavy atom. The van der Waals surface area contributed by atoms with Crippen LogP contribution < -0.4 is 0 Å². The van der Waals surface area contributed by atoms with Crippen molar-refractivity contribution >= 4 is 5.78 Å². The molecule has 0 aliphatic heterocycles. The highest BCUT2D eigenvalue weighted by molar-refractivity contribution is 5.98. The van der Waals surface area contributed by atoms with Gasteiger partial charge in [-0.25, -0.2) is 0 Å². The predicted molar refractivity (Wildman–Crippen MR) is 64.3 cm³/mol. The van der Waals surface area contributed by atoms with E-state index in [1.807, 2.05) is 39.0 Å². The Labute approximate surface area is 91.8 Å². The van der Waals surface area contributed by atoms with Gasteiger partial charge in [-0.3, -0.25) is 4.79 Å². The van der Waals surface area contributed by atoms with Gasteiger partial charge in [0.25, 0.3) is 0 Å². The number of allylic oxidation sites excluding steroid dienone is 1. The van der Waals surface area contributed by atoms with Gasteiger partial charge in [-0.1, -0.05) is 36.8 Å². The van der Waals surface area contributed by atoms with Gasteiger partial charge in [0.15, 0.2) is 5.78 Å². The lowest BCUT2D eigenvalue weighted by Gasteiger charge is -2.06. The third-order valence-electron chi connectivity index (χ3n) is 2.60. The summed E-state index contributed by atoms with van der Waals surface area (Å²) in [6.07, 6.45) is 1.34. The summed E-state index contributed by atoms with van der Waals surface area (Å²) in [4.78, 5) is 11.9. The zero-order chi connectivity index (χ0) is 11.4. The van der Waals surface area contributed by atoms with E-state index in [9.17, 15) is 4.79 Å². The molecular formula is C14H18O. The zero-order valence-electron chi connectivity index (χ0n) is 9.76. The predicted octanol–water partition coefficient (Wildman–Crippen LogP) is 3.84. The first-order chi connectivity index (χ1) is 7.04. The second-order valence-corrected chi connectivity index (χ2v) is 4.02. The molecule has 0 heterocycles. The van der Waals surface area contributed by atoms with Crippen molar-refractivity contribution in [3.63, 3.8) is 0 Å². The molecule has 0 aromatic heterocycles. The number of Topliss-reactive ketones (excluding diaryl/α,β-unsaturated/α-hetero) is 1. The van der Waals surface area contributed by atoms with E-state index in [0.717, 1.165) is 28.7 Å². The molecule has 0 radical (unpaired) electrons. The first-order valence-corrected chi connectivity index (χ1v) is 5.31. The van der Waals surface area contributed by atoms with E-state index >= 15 is 0 Å². The number of carbonyl (C=O) groups is 1. The average Bonchev–Trinajstić information content (AvgIpc) is 2.21. The van der Waals surface area contributed by atoms with Crippen LogP contribution in [0.2, 0.25) is 0 Å². The average molecular weight is 202 g/mol. The SMILES string of the molecule is C=C(CC)CC(=O)c1cc(C)ccc1C. The number of benzene rings is 1. The van der Waals surface area contributed by atoms with Crippen LogP contribution in [0.25, 0.3) is 0 Å². The van der Waals surface area contributed by atoms with E-state index in [4.69, 9.17) is 0 Å². The van der Waals surface area contributed by atoms with Gasteiger partial charge in [-0.15, -0.1) is 0 Å². The van der Waals surface area contributed by atoms with Gasteiger partial charge in [0.1, 0.15) is 0 Å². The smallest absolute Gasteiger partial charge is 0.167 e. The van der Waals surface area contributed by atoms with E-state index in [1.165, 1.54) is 0 Å². The summed E-state index contributed by atoms with van der Waals surface area (Å²) in [5.74, 6) is 0.183. The number of carbonyl (C=O) groups excluding carboxylic acids is 1. The van der Waals surface area contributed by atoms with Crippen molar-refractivity contribution in [1.82, 2.24) is 0 Å². The fourth-order valence-electron chi connectivity index (χ4n) is 1.48. The van der Waals surface area contributed by atoms with Crippen LogP contribution >= 0.6 is 0 Å². The van der Waals surface area contributed by atoms with Crippen molar-refractivity contribution in [2.24, 2.45) is 0 Å². The van der Waals surface area contributed by atoms with Crippen molar-refractivity contribution in [3.8, 4) is 0 Å². The molecule has 0 aliphatic rings. The van der Waals surface area contributed by atoms with Crippen LogP contribution in [-0.2, 0) is 0 Å². The van der Waals surface area contributed by atoms with Crippen LogP contribution in [0.4, 0.5) is 0 Å². The molecule has 0 unspecified atom stereocenters. The molecule has 0 atom stereocenters. The molecule has 0 bridgehead atoms. The van der Waals surface area contributed by atoms with Crippen LogP contribution in [0.5, 0.6) is 0 Å². The Hall–Kier alpha value is -1.37.